The molecule has 2 aromatic rings. The predicted molar refractivity (Wildman–Crippen MR) is 78.2 cm³/mol. The van der Waals surface area contributed by atoms with Gasteiger partial charge in [0.05, 0.1) is 11.4 Å². The lowest BCUT2D eigenvalue weighted by Crippen LogP contribution is -2.14. The van der Waals surface area contributed by atoms with Crippen molar-refractivity contribution in [2.45, 2.75) is 39.7 Å². The summed E-state index contributed by atoms with van der Waals surface area (Å²) < 4.78 is 0. The second kappa shape index (κ2) is 4.82. The summed E-state index contributed by atoms with van der Waals surface area (Å²) in [7, 11) is 0. The molecule has 0 bridgehead atoms. The fraction of sp³-hybridized carbons (Fsp3) is 0.438. The summed E-state index contributed by atoms with van der Waals surface area (Å²) in [6, 6.07) is 7.00. The van der Waals surface area contributed by atoms with Crippen LogP contribution in [-0.2, 0) is 0 Å². The Hall–Kier alpha value is -1.61. The van der Waals surface area contributed by atoms with Crippen molar-refractivity contribution in [3.05, 3.63) is 40.6 Å². The van der Waals surface area contributed by atoms with Crippen LogP contribution in [0.2, 0.25) is 0 Å². The van der Waals surface area contributed by atoms with Crippen molar-refractivity contribution in [2.24, 2.45) is 0 Å². The molecule has 19 heavy (non-hydrogen) atoms. The van der Waals surface area contributed by atoms with Gasteiger partial charge in [0.15, 0.2) is 0 Å². The maximum atomic E-state index is 4.57. The van der Waals surface area contributed by atoms with Crippen LogP contribution in [0.15, 0.2) is 18.2 Å². The van der Waals surface area contributed by atoms with E-state index >= 15 is 0 Å². The number of nitrogens with one attached hydrogen (secondary N) is 2. The van der Waals surface area contributed by atoms with Gasteiger partial charge in [-0.2, -0.15) is 5.10 Å². The van der Waals surface area contributed by atoms with Crippen LogP contribution in [0.25, 0.3) is 11.3 Å². The minimum Gasteiger partial charge on any atom is -0.309 e. The van der Waals surface area contributed by atoms with Crippen molar-refractivity contribution in [3.8, 4) is 11.3 Å². The summed E-state index contributed by atoms with van der Waals surface area (Å²) in [4.78, 5) is 0. The lowest BCUT2D eigenvalue weighted by atomic mass is 9.98. The molecule has 0 spiro atoms. The van der Waals surface area contributed by atoms with Crippen LogP contribution in [0.3, 0.4) is 0 Å². The number of aromatic amines is 1. The summed E-state index contributed by atoms with van der Waals surface area (Å²) in [5, 5.41) is 11.3. The molecule has 3 heteroatoms. The van der Waals surface area contributed by atoms with Crippen molar-refractivity contribution in [1.82, 2.24) is 15.5 Å². The molecule has 1 unspecified atom stereocenters. The van der Waals surface area contributed by atoms with Crippen LogP contribution in [-0.4, -0.2) is 16.7 Å². The van der Waals surface area contributed by atoms with E-state index in [1.807, 2.05) is 0 Å². The zero-order valence-corrected chi connectivity index (χ0v) is 11.9. The molecule has 1 atom stereocenters. The standard InChI is InChI=1S/C16H21N3/c1-10-6-7-11(2)13(9-10)15-12(3)16(19-18-15)14-5-4-8-17-14/h6-7,9,14,17H,4-5,8H2,1-3H3,(H,18,19). The van der Waals surface area contributed by atoms with Crippen LogP contribution in [0.4, 0.5) is 0 Å². The Labute approximate surface area is 114 Å². The van der Waals surface area contributed by atoms with Crippen LogP contribution in [0.5, 0.6) is 0 Å². The number of aryl methyl sites for hydroxylation is 2. The van der Waals surface area contributed by atoms with E-state index in [2.05, 4.69) is 54.5 Å². The number of rotatable bonds is 2. The van der Waals surface area contributed by atoms with Gasteiger partial charge in [0.1, 0.15) is 0 Å². The highest BCUT2D eigenvalue weighted by Crippen LogP contribution is 2.31. The molecule has 1 aliphatic rings. The minimum atomic E-state index is 0.450. The summed E-state index contributed by atoms with van der Waals surface area (Å²) in [5.41, 5.74) is 7.46. The first-order valence-electron chi connectivity index (χ1n) is 7.02. The highest BCUT2D eigenvalue weighted by Gasteiger charge is 2.22. The Morgan fingerprint density at radius 3 is 2.79 bits per heavy atom. The van der Waals surface area contributed by atoms with Crippen molar-refractivity contribution in [2.75, 3.05) is 6.54 Å². The van der Waals surface area contributed by atoms with Gasteiger partial charge >= 0.3 is 0 Å². The van der Waals surface area contributed by atoms with Gasteiger partial charge in [0.2, 0.25) is 0 Å². The molecule has 100 valence electrons. The maximum absolute atomic E-state index is 4.57. The SMILES string of the molecule is Cc1ccc(C)c(-c2n[nH]c(C3CCCN3)c2C)c1. The van der Waals surface area contributed by atoms with E-state index in [-0.39, 0.29) is 0 Å². The Kier molecular flexibility index (Phi) is 3.15. The highest BCUT2D eigenvalue weighted by molar-refractivity contribution is 5.68. The molecule has 0 aliphatic carbocycles. The molecular weight excluding hydrogens is 234 g/mol. The van der Waals surface area contributed by atoms with Crippen LogP contribution >= 0.6 is 0 Å². The Balaban J connectivity index is 2.04. The normalized spacial score (nSPS) is 19.0. The summed E-state index contributed by atoms with van der Waals surface area (Å²) in [5.74, 6) is 0. The molecule has 2 heterocycles. The molecular formula is C16H21N3. The van der Waals surface area contributed by atoms with E-state index < -0.39 is 0 Å². The molecule has 3 rings (SSSR count). The van der Waals surface area contributed by atoms with Gasteiger partial charge in [-0.25, -0.2) is 0 Å². The van der Waals surface area contributed by atoms with E-state index in [1.54, 1.807) is 0 Å². The zero-order valence-electron chi connectivity index (χ0n) is 11.9. The fourth-order valence-corrected chi connectivity index (χ4v) is 2.93. The van der Waals surface area contributed by atoms with Gasteiger partial charge in [-0.3, -0.25) is 5.10 Å². The van der Waals surface area contributed by atoms with Gasteiger partial charge in [0.25, 0.3) is 0 Å². The smallest absolute Gasteiger partial charge is 0.0956 e. The first kappa shape index (κ1) is 12.4. The van der Waals surface area contributed by atoms with Crippen molar-refractivity contribution in [3.63, 3.8) is 0 Å². The topological polar surface area (TPSA) is 40.7 Å². The zero-order chi connectivity index (χ0) is 13.4. The summed E-state index contributed by atoms with van der Waals surface area (Å²) in [6.07, 6.45) is 2.46. The molecule has 1 saturated heterocycles. The number of hydrogen-bond donors (Lipinski definition) is 2. The van der Waals surface area contributed by atoms with Gasteiger partial charge in [-0.05, 0) is 57.4 Å². The molecule has 0 saturated carbocycles. The molecule has 0 radical (unpaired) electrons. The number of benzene rings is 1. The third-order valence-electron chi connectivity index (χ3n) is 4.10. The third kappa shape index (κ3) is 2.19. The Morgan fingerprint density at radius 2 is 2.05 bits per heavy atom. The van der Waals surface area contributed by atoms with Crippen molar-refractivity contribution < 1.29 is 0 Å². The average molecular weight is 255 g/mol. The number of hydrogen-bond acceptors (Lipinski definition) is 2. The quantitative estimate of drug-likeness (QED) is 0.863. The van der Waals surface area contributed by atoms with Crippen molar-refractivity contribution in [1.29, 1.82) is 0 Å². The van der Waals surface area contributed by atoms with E-state index in [0.29, 0.717) is 6.04 Å². The van der Waals surface area contributed by atoms with Crippen LogP contribution in [0.1, 0.15) is 41.3 Å². The molecule has 1 aromatic heterocycles. The van der Waals surface area contributed by atoms with Crippen LogP contribution in [0, 0.1) is 20.8 Å². The van der Waals surface area contributed by atoms with Gasteiger partial charge in [-0.1, -0.05) is 17.7 Å². The molecule has 1 aliphatic heterocycles. The van der Waals surface area contributed by atoms with E-state index in [1.165, 1.54) is 40.8 Å². The second-order valence-corrected chi connectivity index (χ2v) is 5.58. The predicted octanol–water partition coefficient (Wildman–Crippen LogP) is 3.43. The number of nitrogens with zero attached hydrogens (tertiary/aromatic N) is 1. The lowest BCUT2D eigenvalue weighted by Gasteiger charge is -2.09. The van der Waals surface area contributed by atoms with Gasteiger partial charge in [0, 0.05) is 11.6 Å². The number of aromatic nitrogens is 2. The van der Waals surface area contributed by atoms with Crippen LogP contribution < -0.4 is 5.32 Å². The fourth-order valence-electron chi connectivity index (χ4n) is 2.93. The first-order chi connectivity index (χ1) is 9.16. The van der Waals surface area contributed by atoms with E-state index in [9.17, 15) is 0 Å². The summed E-state index contributed by atoms with van der Waals surface area (Å²) >= 11 is 0. The van der Waals surface area contributed by atoms with Gasteiger partial charge in [-0.15, -0.1) is 0 Å². The molecule has 2 N–H and O–H groups in total. The first-order valence-corrected chi connectivity index (χ1v) is 7.02. The molecule has 0 amide bonds. The third-order valence-corrected chi connectivity index (χ3v) is 4.10. The monoisotopic (exact) mass is 255 g/mol. The van der Waals surface area contributed by atoms with E-state index in [0.717, 1.165) is 12.2 Å². The molecule has 1 fully saturated rings. The van der Waals surface area contributed by atoms with Gasteiger partial charge < -0.3 is 5.32 Å². The highest BCUT2D eigenvalue weighted by atomic mass is 15.1. The van der Waals surface area contributed by atoms with E-state index in [4.69, 9.17) is 0 Å². The molecule has 1 aromatic carbocycles. The minimum absolute atomic E-state index is 0.450. The number of H-pyrrole nitrogens is 1. The maximum Gasteiger partial charge on any atom is 0.0956 e. The molecule has 3 nitrogen and oxygen atoms in total. The second-order valence-electron chi connectivity index (χ2n) is 5.58. The largest absolute Gasteiger partial charge is 0.309 e. The Morgan fingerprint density at radius 1 is 1.21 bits per heavy atom. The Bertz CT molecular complexity index is 592. The summed E-state index contributed by atoms with van der Waals surface area (Å²) in [6.45, 7) is 7.57. The van der Waals surface area contributed by atoms with Crippen molar-refractivity contribution >= 4 is 0 Å². The lowest BCUT2D eigenvalue weighted by molar-refractivity contribution is 0.622. The average Bonchev–Trinajstić information content (AvgIpc) is 3.01.